The van der Waals surface area contributed by atoms with E-state index in [2.05, 4.69) is 36.3 Å². The van der Waals surface area contributed by atoms with Crippen molar-refractivity contribution in [2.45, 2.75) is 6.92 Å². The Balaban J connectivity index is -0.0000000483. The minimum atomic E-state index is -0.639. The van der Waals surface area contributed by atoms with Crippen molar-refractivity contribution in [3.63, 3.8) is 0 Å². The van der Waals surface area contributed by atoms with Crippen LogP contribution in [0.15, 0.2) is 0 Å². The molecule has 0 fully saturated rings. The Hall–Kier alpha value is 0.640. The molecule has 0 saturated heterocycles. The topological polar surface area (TPSA) is 72.2 Å². The van der Waals surface area contributed by atoms with Crippen molar-refractivity contribution in [2.75, 3.05) is 6.54 Å². The van der Waals surface area contributed by atoms with Crippen molar-refractivity contribution in [1.82, 2.24) is 5.32 Å². The van der Waals surface area contributed by atoms with Gasteiger partial charge in [-0.15, -0.1) is 0 Å². The smallest absolute Gasteiger partial charge is 1.00 e. The number of amides is 2. The molecule has 11 heavy (non-hydrogen) atoms. The van der Waals surface area contributed by atoms with Gasteiger partial charge in [0.2, 0.25) is 0 Å². The van der Waals surface area contributed by atoms with Crippen LogP contribution in [0, 0.1) is 0 Å². The summed E-state index contributed by atoms with van der Waals surface area (Å²) < 4.78 is 0. The zero-order valence-corrected chi connectivity index (χ0v) is 10.3. The van der Waals surface area contributed by atoms with Crippen LogP contribution >= 0.6 is 25.3 Å². The Morgan fingerprint density at radius 3 is 1.82 bits per heavy atom. The van der Waals surface area contributed by atoms with Gasteiger partial charge in [0.25, 0.3) is 10.5 Å². The van der Waals surface area contributed by atoms with Crippen LogP contribution in [-0.4, -0.2) is 17.0 Å². The standard InChI is InChI=1S/C3H7NOS.CH3NOS.Na.H/c1-2-4-3(5)6;2-1(3)4;;/h2H2,1H3,(H2,4,5,6);(H3,2,3,4);;/q;;+1;-1. The molecule has 0 aromatic rings. The maximum absolute atomic E-state index is 9.80. The third-order valence-corrected chi connectivity index (χ3v) is 0.486. The molecule has 62 valence electrons. The normalized spacial score (nSPS) is 6.45. The third kappa shape index (κ3) is 59.9. The Kier molecular flexibility index (Phi) is 21.3. The van der Waals surface area contributed by atoms with E-state index in [0.717, 1.165) is 0 Å². The maximum Gasteiger partial charge on any atom is 1.00 e. The average molecular weight is 206 g/mol. The molecule has 0 aromatic heterocycles. The van der Waals surface area contributed by atoms with E-state index in [9.17, 15) is 4.79 Å². The van der Waals surface area contributed by atoms with Crippen molar-refractivity contribution in [3.8, 4) is 0 Å². The summed E-state index contributed by atoms with van der Waals surface area (Å²) in [6.07, 6.45) is 0. The number of hydrogen-bond acceptors (Lipinski definition) is 2. The number of nitrogens with two attached hydrogens (primary N) is 1. The van der Waals surface area contributed by atoms with Gasteiger partial charge in [-0.05, 0) is 6.92 Å². The number of carbonyl (C=O) groups is 2. The molecule has 2 amide bonds. The SMILES string of the molecule is CCNC(=O)S.NC(=O)S.[H-].[Na+]. The van der Waals surface area contributed by atoms with E-state index in [4.69, 9.17) is 4.79 Å². The first-order chi connectivity index (χ1) is 4.50. The van der Waals surface area contributed by atoms with Crippen LogP contribution in [0.3, 0.4) is 0 Å². The van der Waals surface area contributed by atoms with Gasteiger partial charge in [-0.3, -0.25) is 9.59 Å². The Labute approximate surface area is 100 Å². The first-order valence-electron chi connectivity index (χ1n) is 2.45. The van der Waals surface area contributed by atoms with Crippen molar-refractivity contribution in [3.05, 3.63) is 0 Å². The van der Waals surface area contributed by atoms with Crippen LogP contribution in [0.5, 0.6) is 0 Å². The van der Waals surface area contributed by atoms with Gasteiger partial charge in [0.05, 0.1) is 0 Å². The molecule has 0 spiro atoms. The van der Waals surface area contributed by atoms with Crippen LogP contribution in [0.4, 0.5) is 9.59 Å². The monoisotopic (exact) mass is 206 g/mol. The molecule has 0 bridgehead atoms. The van der Waals surface area contributed by atoms with Crippen LogP contribution in [0.1, 0.15) is 8.35 Å². The fourth-order valence-corrected chi connectivity index (χ4v) is 0.309. The van der Waals surface area contributed by atoms with Gasteiger partial charge in [-0.2, -0.15) is 0 Å². The summed E-state index contributed by atoms with van der Waals surface area (Å²) in [6, 6.07) is 0. The molecule has 0 aliphatic rings. The molecule has 0 atom stereocenters. The Morgan fingerprint density at radius 2 is 1.82 bits per heavy atom. The molecule has 3 N–H and O–H groups in total. The number of carbonyl (C=O) groups excluding carboxylic acids is 2. The molecular weight excluding hydrogens is 195 g/mol. The number of rotatable bonds is 1. The van der Waals surface area contributed by atoms with Crippen LogP contribution in [0.2, 0.25) is 0 Å². The van der Waals surface area contributed by atoms with E-state index in [1.807, 2.05) is 6.92 Å². The summed E-state index contributed by atoms with van der Waals surface area (Å²) in [5, 5.41) is 1.53. The summed E-state index contributed by atoms with van der Waals surface area (Å²) in [4.78, 5) is 18.9. The van der Waals surface area contributed by atoms with E-state index >= 15 is 0 Å². The zero-order valence-electron chi connectivity index (χ0n) is 7.50. The summed E-state index contributed by atoms with van der Waals surface area (Å²) in [5.74, 6) is 0. The number of hydrogen-bond donors (Lipinski definition) is 4. The first-order valence-corrected chi connectivity index (χ1v) is 3.35. The molecule has 0 radical (unpaired) electrons. The zero-order chi connectivity index (χ0) is 8.57. The second-order valence-electron chi connectivity index (χ2n) is 1.17. The van der Waals surface area contributed by atoms with E-state index < -0.39 is 5.24 Å². The quantitative estimate of drug-likeness (QED) is 0.289. The fraction of sp³-hybridized carbons (Fsp3) is 0.500. The minimum Gasteiger partial charge on any atom is -1.00 e. The van der Waals surface area contributed by atoms with Gasteiger partial charge in [0, 0.05) is 6.54 Å². The molecule has 0 heterocycles. The largest absolute Gasteiger partial charge is 1.00 e. The maximum atomic E-state index is 9.80. The number of primary amides is 1. The minimum absolute atomic E-state index is 0. The van der Waals surface area contributed by atoms with Crippen LogP contribution in [0.25, 0.3) is 0 Å². The second-order valence-corrected chi connectivity index (χ2v) is 2.02. The second kappa shape index (κ2) is 13.2. The molecule has 0 rings (SSSR count). The molecule has 0 saturated carbocycles. The van der Waals surface area contributed by atoms with E-state index in [-0.39, 0.29) is 36.2 Å². The fourth-order valence-electron chi connectivity index (χ4n) is 0.151. The predicted octanol–water partition coefficient (Wildman–Crippen LogP) is -2.24. The van der Waals surface area contributed by atoms with Gasteiger partial charge in [0.1, 0.15) is 0 Å². The number of nitrogens with one attached hydrogen (secondary N) is 1. The van der Waals surface area contributed by atoms with Gasteiger partial charge < -0.3 is 12.5 Å². The van der Waals surface area contributed by atoms with Crippen molar-refractivity contribution in [1.29, 1.82) is 0 Å². The summed E-state index contributed by atoms with van der Waals surface area (Å²) in [7, 11) is 0. The molecule has 0 aliphatic carbocycles. The summed E-state index contributed by atoms with van der Waals surface area (Å²) >= 11 is 6.53. The molecule has 0 aliphatic heterocycles. The summed E-state index contributed by atoms with van der Waals surface area (Å²) in [6.45, 7) is 2.50. The molecule has 0 unspecified atom stereocenters. The third-order valence-electron chi connectivity index (χ3n) is 0.328. The van der Waals surface area contributed by atoms with Gasteiger partial charge in [-0.1, -0.05) is 25.3 Å². The first kappa shape index (κ1) is 17.7. The van der Waals surface area contributed by atoms with E-state index in [1.165, 1.54) is 0 Å². The summed E-state index contributed by atoms with van der Waals surface area (Å²) in [5.41, 5.74) is 4.34. The molecule has 4 nitrogen and oxygen atoms in total. The van der Waals surface area contributed by atoms with E-state index in [1.54, 1.807) is 0 Å². The van der Waals surface area contributed by atoms with Crippen molar-refractivity contribution < 1.29 is 40.6 Å². The molecule has 7 heteroatoms. The predicted molar refractivity (Wildman–Crippen MR) is 47.7 cm³/mol. The van der Waals surface area contributed by atoms with Crippen LogP contribution < -0.4 is 40.6 Å². The van der Waals surface area contributed by atoms with Gasteiger partial charge in [-0.25, -0.2) is 0 Å². The molecule has 0 aromatic carbocycles. The van der Waals surface area contributed by atoms with Crippen molar-refractivity contribution in [2.24, 2.45) is 5.73 Å². The Morgan fingerprint density at radius 1 is 1.55 bits per heavy atom. The van der Waals surface area contributed by atoms with E-state index in [0.29, 0.717) is 6.54 Å². The Bertz CT molecular complexity index is 124. The van der Waals surface area contributed by atoms with Gasteiger partial charge in [0.15, 0.2) is 0 Å². The number of thiol groups is 2. The van der Waals surface area contributed by atoms with Crippen molar-refractivity contribution >= 4 is 35.7 Å². The van der Waals surface area contributed by atoms with Crippen LogP contribution in [-0.2, 0) is 0 Å². The van der Waals surface area contributed by atoms with Gasteiger partial charge >= 0.3 is 29.6 Å². The molecular formula is C4H11N2NaO2S2. The average Bonchev–Trinajstić information content (AvgIpc) is 1.62.